The molecule has 0 spiro atoms. The number of aliphatic hydroxyl groups is 1. The number of hydrogen-bond acceptors (Lipinski definition) is 3. The fourth-order valence-corrected chi connectivity index (χ4v) is 1.74. The number of aliphatic hydroxyl groups excluding tert-OH is 1. The Hall–Kier alpha value is -2.08. The lowest BCUT2D eigenvalue weighted by Crippen LogP contribution is -2.30. The fourth-order valence-electron chi connectivity index (χ4n) is 1.74. The number of hydrogen-bond donors (Lipinski definition) is 3. The van der Waals surface area contributed by atoms with Crippen LogP contribution >= 0.6 is 0 Å². The number of benzene rings is 1. The lowest BCUT2D eigenvalue weighted by Gasteiger charge is -2.06. The van der Waals surface area contributed by atoms with Crippen LogP contribution in [-0.2, 0) is 7.05 Å². The van der Waals surface area contributed by atoms with Gasteiger partial charge in [0.25, 0.3) is 0 Å². The first-order valence-electron chi connectivity index (χ1n) is 5.70. The Morgan fingerprint density at radius 2 is 2.28 bits per heavy atom. The Bertz CT molecular complexity index is 577. The Labute approximate surface area is 105 Å². The monoisotopic (exact) mass is 248 g/mol. The topological polar surface area (TPSA) is 79.2 Å². The minimum Gasteiger partial charge on any atom is -0.395 e. The summed E-state index contributed by atoms with van der Waals surface area (Å²) in [5.74, 6) is 0.923. The molecule has 0 fully saturated rings. The van der Waals surface area contributed by atoms with Crippen LogP contribution in [0.2, 0.25) is 0 Å². The van der Waals surface area contributed by atoms with Gasteiger partial charge in [-0.25, -0.2) is 9.78 Å². The van der Waals surface area contributed by atoms with Gasteiger partial charge in [0.2, 0.25) is 0 Å². The first-order valence-corrected chi connectivity index (χ1v) is 5.70. The molecule has 6 nitrogen and oxygen atoms in total. The molecule has 1 aromatic carbocycles. The van der Waals surface area contributed by atoms with Crippen LogP contribution in [0.4, 0.5) is 10.5 Å². The second kappa shape index (κ2) is 5.05. The van der Waals surface area contributed by atoms with E-state index in [9.17, 15) is 4.79 Å². The molecule has 1 aromatic heterocycles. The summed E-state index contributed by atoms with van der Waals surface area (Å²) in [6, 6.07) is 5.22. The van der Waals surface area contributed by atoms with Crippen LogP contribution < -0.4 is 10.6 Å². The number of carbonyl (C=O) groups excluding carboxylic acids is 1. The molecule has 0 bridgehead atoms. The summed E-state index contributed by atoms with van der Waals surface area (Å²) in [6.07, 6.45) is 0. The number of imidazole rings is 1. The smallest absolute Gasteiger partial charge is 0.319 e. The molecule has 2 aromatic rings. The van der Waals surface area contributed by atoms with Crippen molar-refractivity contribution in [3.05, 3.63) is 24.0 Å². The number of urea groups is 1. The van der Waals surface area contributed by atoms with Gasteiger partial charge in [0, 0.05) is 19.3 Å². The maximum absolute atomic E-state index is 11.4. The molecule has 2 amide bonds. The average Bonchev–Trinajstić information content (AvgIpc) is 2.62. The SMILES string of the molecule is Cc1nc2cc(NC(=O)NCCO)ccc2n1C. The van der Waals surface area contributed by atoms with Crippen molar-refractivity contribution < 1.29 is 9.90 Å². The van der Waals surface area contributed by atoms with Gasteiger partial charge in [0.15, 0.2) is 0 Å². The average molecular weight is 248 g/mol. The maximum atomic E-state index is 11.4. The van der Waals surface area contributed by atoms with Crippen LogP contribution in [-0.4, -0.2) is 33.8 Å². The summed E-state index contributed by atoms with van der Waals surface area (Å²) in [5, 5.41) is 13.8. The zero-order valence-electron chi connectivity index (χ0n) is 10.4. The molecule has 1 heterocycles. The van der Waals surface area contributed by atoms with Gasteiger partial charge in [0.1, 0.15) is 5.82 Å². The lowest BCUT2D eigenvalue weighted by molar-refractivity contribution is 0.245. The molecule has 0 aliphatic carbocycles. The molecule has 0 unspecified atom stereocenters. The predicted molar refractivity (Wildman–Crippen MR) is 69.6 cm³/mol. The molecule has 0 aliphatic heterocycles. The van der Waals surface area contributed by atoms with Gasteiger partial charge in [-0.1, -0.05) is 0 Å². The number of nitrogens with zero attached hydrogens (tertiary/aromatic N) is 2. The van der Waals surface area contributed by atoms with Gasteiger partial charge in [0.05, 0.1) is 17.6 Å². The van der Waals surface area contributed by atoms with E-state index < -0.39 is 0 Å². The van der Waals surface area contributed by atoms with Gasteiger partial charge < -0.3 is 20.3 Å². The van der Waals surface area contributed by atoms with Crippen molar-refractivity contribution in [1.82, 2.24) is 14.9 Å². The molecule has 6 heteroatoms. The minimum atomic E-state index is -0.337. The second-order valence-corrected chi connectivity index (χ2v) is 4.03. The molecule has 96 valence electrons. The van der Waals surface area contributed by atoms with E-state index >= 15 is 0 Å². The highest BCUT2D eigenvalue weighted by Crippen LogP contribution is 2.19. The zero-order chi connectivity index (χ0) is 13.1. The quantitative estimate of drug-likeness (QED) is 0.758. The van der Waals surface area contributed by atoms with Gasteiger partial charge >= 0.3 is 6.03 Å². The molecule has 0 atom stereocenters. The largest absolute Gasteiger partial charge is 0.395 e. The number of anilines is 1. The third-order valence-electron chi connectivity index (χ3n) is 2.76. The first-order chi connectivity index (χ1) is 8.61. The molecule has 0 aliphatic rings. The highest BCUT2D eigenvalue weighted by atomic mass is 16.3. The van der Waals surface area contributed by atoms with Crippen molar-refractivity contribution in [3.8, 4) is 0 Å². The summed E-state index contributed by atoms with van der Waals surface area (Å²) in [4.78, 5) is 15.8. The van der Waals surface area contributed by atoms with Crippen LogP contribution in [0, 0.1) is 6.92 Å². The summed E-state index contributed by atoms with van der Waals surface area (Å²) < 4.78 is 1.99. The Morgan fingerprint density at radius 3 is 3.00 bits per heavy atom. The van der Waals surface area contributed by atoms with Crippen LogP contribution in [0.25, 0.3) is 11.0 Å². The molecule has 0 saturated carbocycles. The van der Waals surface area contributed by atoms with Gasteiger partial charge in [-0.15, -0.1) is 0 Å². The highest BCUT2D eigenvalue weighted by Gasteiger charge is 2.06. The van der Waals surface area contributed by atoms with E-state index in [0.717, 1.165) is 16.9 Å². The van der Waals surface area contributed by atoms with Gasteiger partial charge in [-0.3, -0.25) is 0 Å². The van der Waals surface area contributed by atoms with Crippen molar-refractivity contribution in [1.29, 1.82) is 0 Å². The molecular formula is C12H16N4O2. The number of amides is 2. The van der Waals surface area contributed by atoms with Crippen molar-refractivity contribution in [2.45, 2.75) is 6.92 Å². The second-order valence-electron chi connectivity index (χ2n) is 4.03. The lowest BCUT2D eigenvalue weighted by atomic mass is 10.3. The van der Waals surface area contributed by atoms with Crippen molar-refractivity contribution >= 4 is 22.8 Å². The van der Waals surface area contributed by atoms with Gasteiger partial charge in [-0.05, 0) is 25.1 Å². The van der Waals surface area contributed by atoms with Crippen molar-refractivity contribution in [2.24, 2.45) is 7.05 Å². The van der Waals surface area contributed by atoms with Crippen LogP contribution in [0.15, 0.2) is 18.2 Å². The van der Waals surface area contributed by atoms with E-state index in [1.165, 1.54) is 0 Å². The highest BCUT2D eigenvalue weighted by molar-refractivity contribution is 5.92. The molecule has 0 radical (unpaired) electrons. The Morgan fingerprint density at radius 1 is 1.50 bits per heavy atom. The van der Waals surface area contributed by atoms with Gasteiger partial charge in [-0.2, -0.15) is 0 Å². The third kappa shape index (κ3) is 2.43. The summed E-state index contributed by atoms with van der Waals surface area (Å²) in [7, 11) is 1.95. The number of aryl methyl sites for hydroxylation is 2. The molecular weight excluding hydrogens is 232 g/mol. The molecule has 0 saturated heterocycles. The number of carbonyl (C=O) groups is 1. The molecule has 3 N–H and O–H groups in total. The molecule has 2 rings (SSSR count). The predicted octanol–water partition coefficient (Wildman–Crippen LogP) is 0.996. The number of nitrogens with one attached hydrogen (secondary N) is 2. The van der Waals surface area contributed by atoms with E-state index in [0.29, 0.717) is 5.69 Å². The van der Waals surface area contributed by atoms with E-state index in [1.54, 1.807) is 0 Å². The van der Waals surface area contributed by atoms with E-state index in [-0.39, 0.29) is 19.2 Å². The summed E-state index contributed by atoms with van der Waals surface area (Å²) in [6.45, 7) is 2.09. The zero-order valence-corrected chi connectivity index (χ0v) is 10.4. The minimum absolute atomic E-state index is 0.0775. The van der Waals surface area contributed by atoms with Crippen LogP contribution in [0.1, 0.15) is 5.82 Å². The maximum Gasteiger partial charge on any atom is 0.319 e. The summed E-state index contributed by atoms with van der Waals surface area (Å²) in [5.41, 5.74) is 2.54. The number of rotatable bonds is 3. The van der Waals surface area contributed by atoms with E-state index in [2.05, 4.69) is 15.6 Å². The first kappa shape index (κ1) is 12.4. The standard InChI is InChI=1S/C12H16N4O2/c1-8-14-10-7-9(3-4-11(10)16(8)2)15-12(18)13-5-6-17/h3-4,7,17H,5-6H2,1-2H3,(H2,13,15,18). The number of aromatic nitrogens is 2. The van der Waals surface area contributed by atoms with E-state index in [1.807, 2.05) is 36.7 Å². The molecule has 18 heavy (non-hydrogen) atoms. The Balaban J connectivity index is 2.17. The normalized spacial score (nSPS) is 10.6. The third-order valence-corrected chi connectivity index (χ3v) is 2.76. The fraction of sp³-hybridized carbons (Fsp3) is 0.333. The van der Waals surface area contributed by atoms with E-state index in [4.69, 9.17) is 5.11 Å². The van der Waals surface area contributed by atoms with Crippen LogP contribution in [0.3, 0.4) is 0 Å². The number of fused-ring (bicyclic) bond motifs is 1. The van der Waals surface area contributed by atoms with Crippen molar-refractivity contribution in [2.75, 3.05) is 18.5 Å². The Kier molecular flexibility index (Phi) is 3.47. The van der Waals surface area contributed by atoms with Crippen molar-refractivity contribution in [3.63, 3.8) is 0 Å². The van der Waals surface area contributed by atoms with Crippen LogP contribution in [0.5, 0.6) is 0 Å². The summed E-state index contributed by atoms with van der Waals surface area (Å²) >= 11 is 0.